The van der Waals surface area contributed by atoms with E-state index in [0.29, 0.717) is 0 Å². The number of nitrogens with zero attached hydrogens (tertiary/aromatic N) is 1. The fourth-order valence-electron chi connectivity index (χ4n) is 4.41. The molecule has 1 aliphatic heterocycles. The van der Waals surface area contributed by atoms with Gasteiger partial charge in [0.1, 0.15) is 5.82 Å². The number of nitrogens with one attached hydrogen (secondary N) is 1. The summed E-state index contributed by atoms with van der Waals surface area (Å²) in [4.78, 5) is 4.04. The molecule has 2 aliphatic carbocycles. The van der Waals surface area contributed by atoms with E-state index < -0.39 is 0 Å². The molecule has 0 spiro atoms. The molecule has 3 heteroatoms. The molecule has 6 rings (SSSR count). The fourth-order valence-corrected chi connectivity index (χ4v) is 4.41. The van der Waals surface area contributed by atoms with Crippen LogP contribution in [0, 0.1) is 16.3 Å². The monoisotopic (exact) mass is 394 g/mol. The third kappa shape index (κ3) is 3.59. The van der Waals surface area contributed by atoms with Crippen molar-refractivity contribution in [2.75, 3.05) is 5.32 Å². The predicted molar refractivity (Wildman–Crippen MR) is 122 cm³/mol. The van der Waals surface area contributed by atoms with Gasteiger partial charge in [-0.1, -0.05) is 48.6 Å². The Morgan fingerprint density at radius 1 is 0.867 bits per heavy atom. The first-order valence-electron chi connectivity index (χ1n) is 10.4. The zero-order valence-electron chi connectivity index (χ0n) is 16.7. The quantitative estimate of drug-likeness (QED) is 0.594. The van der Waals surface area contributed by atoms with Crippen molar-refractivity contribution in [1.82, 2.24) is 0 Å². The number of hydrogen-bond donors (Lipinski definition) is 1. The summed E-state index contributed by atoms with van der Waals surface area (Å²) in [6, 6.07) is 17.6. The van der Waals surface area contributed by atoms with Gasteiger partial charge in [0.25, 0.3) is 0 Å². The van der Waals surface area contributed by atoms with Gasteiger partial charge in [-0.2, -0.15) is 0 Å². The molecule has 0 unspecified atom stereocenters. The minimum absolute atomic E-state index is 0.148. The van der Waals surface area contributed by atoms with Crippen LogP contribution in [0.1, 0.15) is 29.5 Å². The molecule has 3 aliphatic rings. The van der Waals surface area contributed by atoms with Crippen LogP contribution in [0.5, 0.6) is 0 Å². The zero-order chi connectivity index (χ0) is 20.3. The molecule has 0 amide bonds. The third-order valence-corrected chi connectivity index (χ3v) is 5.87. The molecule has 3 aromatic carbocycles. The van der Waals surface area contributed by atoms with Crippen molar-refractivity contribution in [3.63, 3.8) is 0 Å². The van der Waals surface area contributed by atoms with Crippen LogP contribution in [-0.4, -0.2) is 6.21 Å². The number of halogens is 1. The smallest absolute Gasteiger partial charge is 0.123 e. The Bertz CT molecular complexity index is 1380. The van der Waals surface area contributed by atoms with Gasteiger partial charge in [0.15, 0.2) is 0 Å². The molecule has 3 aromatic rings. The summed E-state index contributed by atoms with van der Waals surface area (Å²) in [6.07, 6.45) is 14.5. The first-order valence-corrected chi connectivity index (χ1v) is 10.4. The van der Waals surface area contributed by atoms with Crippen molar-refractivity contribution in [2.24, 2.45) is 4.99 Å². The Morgan fingerprint density at radius 2 is 1.77 bits per heavy atom. The summed E-state index contributed by atoms with van der Waals surface area (Å²) in [5.41, 5.74) is 5.19. The lowest BCUT2D eigenvalue weighted by Crippen LogP contribution is -2.19. The van der Waals surface area contributed by atoms with Gasteiger partial charge in [0, 0.05) is 29.9 Å². The van der Waals surface area contributed by atoms with Gasteiger partial charge in [-0.25, -0.2) is 4.39 Å². The van der Waals surface area contributed by atoms with Crippen molar-refractivity contribution >= 4 is 24.1 Å². The minimum Gasteiger partial charge on any atom is -0.360 e. The van der Waals surface area contributed by atoms with Crippen LogP contribution < -0.4 is 15.8 Å². The summed E-state index contributed by atoms with van der Waals surface area (Å²) in [6.45, 7) is 0. The van der Waals surface area contributed by atoms with Gasteiger partial charge in [-0.15, -0.1) is 0 Å². The Morgan fingerprint density at radius 3 is 2.73 bits per heavy atom. The van der Waals surface area contributed by atoms with Crippen LogP contribution >= 0.6 is 0 Å². The highest BCUT2D eigenvalue weighted by molar-refractivity contribution is 5.88. The minimum atomic E-state index is -0.148. The summed E-state index contributed by atoms with van der Waals surface area (Å²) in [7, 11) is 0. The van der Waals surface area contributed by atoms with E-state index in [1.807, 2.05) is 42.7 Å². The van der Waals surface area contributed by atoms with E-state index >= 15 is 0 Å². The Balaban J connectivity index is 0.000000149. The number of aliphatic imine (C=N–C) groups is 1. The van der Waals surface area contributed by atoms with E-state index in [-0.39, 0.29) is 5.82 Å². The molecule has 0 radical (unpaired) electrons. The highest BCUT2D eigenvalue weighted by atomic mass is 19.1. The van der Waals surface area contributed by atoms with E-state index in [4.69, 9.17) is 0 Å². The molecule has 0 atom stereocenters. The third-order valence-electron chi connectivity index (χ3n) is 5.87. The standard InChI is InChI=1S/C18H15F.C9H8N2/c19-14-7-10-16-13(11-14)6-9-17-15-4-2-1-3-12(15)5-8-18(16)17;1-2-4-9-8(3-1)7-10-5-6-11-9/h3,5-8,10-11H,1-2,4,9H2;1-7,11H. The van der Waals surface area contributed by atoms with Gasteiger partial charge in [-0.05, 0) is 75.9 Å². The van der Waals surface area contributed by atoms with E-state index in [1.165, 1.54) is 46.0 Å². The van der Waals surface area contributed by atoms with Crippen LogP contribution in [-0.2, 0) is 12.8 Å². The zero-order valence-corrected chi connectivity index (χ0v) is 16.7. The van der Waals surface area contributed by atoms with Crippen LogP contribution in [0.2, 0.25) is 0 Å². The van der Waals surface area contributed by atoms with Crippen molar-refractivity contribution in [3.8, 4) is 0 Å². The number of fused-ring (bicyclic) bond motifs is 5. The van der Waals surface area contributed by atoms with Crippen LogP contribution in [0.4, 0.5) is 10.1 Å². The SMILES string of the molecule is C1=CNc2ccccc2C=N1.Fc1ccc2c(c1)=CCc1c3c(ccc1=2)=CCCC3. The molecule has 2 nitrogen and oxygen atoms in total. The maximum Gasteiger partial charge on any atom is 0.123 e. The Kier molecular flexibility index (Phi) is 5.02. The molecule has 0 saturated heterocycles. The van der Waals surface area contributed by atoms with E-state index in [1.54, 1.807) is 18.3 Å². The van der Waals surface area contributed by atoms with E-state index in [0.717, 1.165) is 22.9 Å². The maximum atomic E-state index is 13.3. The molecular weight excluding hydrogens is 371 g/mol. The maximum absolute atomic E-state index is 13.3. The van der Waals surface area contributed by atoms with E-state index in [9.17, 15) is 4.39 Å². The van der Waals surface area contributed by atoms with Crippen LogP contribution in [0.3, 0.4) is 0 Å². The molecule has 0 bridgehead atoms. The molecule has 1 N–H and O–H groups in total. The van der Waals surface area contributed by atoms with Crippen molar-refractivity contribution < 1.29 is 4.39 Å². The second kappa shape index (κ2) is 8.11. The number of anilines is 1. The molecule has 30 heavy (non-hydrogen) atoms. The topological polar surface area (TPSA) is 24.4 Å². The lowest BCUT2D eigenvalue weighted by molar-refractivity contribution is 0.626. The van der Waals surface area contributed by atoms with Gasteiger partial charge >= 0.3 is 0 Å². The normalized spacial score (nSPS) is 14.8. The highest BCUT2D eigenvalue weighted by Gasteiger charge is 2.11. The van der Waals surface area contributed by atoms with Gasteiger partial charge in [0.05, 0.1) is 0 Å². The van der Waals surface area contributed by atoms with Gasteiger partial charge in [-0.3, -0.25) is 4.99 Å². The fraction of sp³-hybridized carbons (Fsp3) is 0.148. The number of para-hydroxylation sites is 1. The molecule has 1 heterocycles. The second-order valence-electron chi connectivity index (χ2n) is 7.72. The number of hydrogen-bond acceptors (Lipinski definition) is 2. The van der Waals surface area contributed by atoms with E-state index in [2.05, 4.69) is 34.6 Å². The molecule has 0 aromatic heterocycles. The van der Waals surface area contributed by atoms with Crippen LogP contribution in [0.15, 0.2) is 72.0 Å². The molecule has 0 saturated carbocycles. The lowest BCUT2D eigenvalue weighted by atomic mass is 9.89. The second-order valence-corrected chi connectivity index (χ2v) is 7.72. The average Bonchev–Trinajstić information content (AvgIpc) is 3.04. The molecule has 0 fully saturated rings. The van der Waals surface area contributed by atoms with Crippen molar-refractivity contribution in [3.05, 3.63) is 110 Å². The number of rotatable bonds is 0. The molecular formula is C27H23FN2. The van der Waals surface area contributed by atoms with Crippen molar-refractivity contribution in [1.29, 1.82) is 0 Å². The number of benzene rings is 3. The Hall–Kier alpha value is -3.46. The summed E-state index contributed by atoms with van der Waals surface area (Å²) < 4.78 is 13.3. The average molecular weight is 394 g/mol. The van der Waals surface area contributed by atoms with Crippen LogP contribution in [0.25, 0.3) is 12.2 Å². The first kappa shape index (κ1) is 18.6. The molecule has 148 valence electrons. The highest BCUT2D eigenvalue weighted by Crippen LogP contribution is 2.17. The van der Waals surface area contributed by atoms with Gasteiger partial charge < -0.3 is 5.32 Å². The Labute approximate surface area is 175 Å². The lowest BCUT2D eigenvalue weighted by Gasteiger charge is -2.16. The first-order chi connectivity index (χ1) is 14.8. The summed E-state index contributed by atoms with van der Waals surface area (Å²) >= 11 is 0. The predicted octanol–water partition coefficient (Wildman–Crippen LogP) is 4.57. The summed E-state index contributed by atoms with van der Waals surface area (Å²) in [5.74, 6) is -0.148. The van der Waals surface area contributed by atoms with Crippen molar-refractivity contribution in [2.45, 2.75) is 25.7 Å². The summed E-state index contributed by atoms with van der Waals surface area (Å²) in [5, 5.41) is 8.04. The largest absolute Gasteiger partial charge is 0.360 e. The van der Waals surface area contributed by atoms with Gasteiger partial charge in [0.2, 0.25) is 0 Å².